The Labute approximate surface area is 170 Å². The van der Waals surface area contributed by atoms with Crippen molar-refractivity contribution in [1.29, 1.82) is 0 Å². The lowest BCUT2D eigenvalue weighted by molar-refractivity contribution is 0.297. The molecule has 1 aromatic carbocycles. The van der Waals surface area contributed by atoms with Crippen LogP contribution in [0.3, 0.4) is 0 Å². The number of rotatable bonds is 4. The van der Waals surface area contributed by atoms with Gasteiger partial charge in [-0.15, -0.1) is 24.0 Å². The van der Waals surface area contributed by atoms with Crippen molar-refractivity contribution in [3.8, 4) is 11.5 Å². The number of benzene rings is 1. The molecule has 8 heteroatoms. The van der Waals surface area contributed by atoms with E-state index in [1.54, 1.807) is 7.05 Å². The minimum absolute atomic E-state index is 0. The van der Waals surface area contributed by atoms with Crippen LogP contribution in [0.2, 0.25) is 0 Å². The van der Waals surface area contributed by atoms with E-state index in [0.717, 1.165) is 34.9 Å². The molecule has 2 heterocycles. The number of ether oxygens (including phenoxy) is 2. The number of aromatic nitrogens is 1. The molecule has 0 fully saturated rings. The highest BCUT2D eigenvalue weighted by Crippen LogP contribution is 2.30. The van der Waals surface area contributed by atoms with E-state index >= 15 is 0 Å². The third kappa shape index (κ3) is 5.26. The van der Waals surface area contributed by atoms with Crippen molar-refractivity contribution in [1.82, 2.24) is 15.6 Å². The van der Waals surface area contributed by atoms with Crippen molar-refractivity contribution in [2.24, 2.45) is 4.99 Å². The quantitative estimate of drug-likeness (QED) is 0.405. The molecule has 1 aromatic heterocycles. The van der Waals surface area contributed by atoms with E-state index in [0.29, 0.717) is 38.2 Å². The summed E-state index contributed by atoms with van der Waals surface area (Å²) in [6.07, 6.45) is 0.901. The Kier molecular flexibility index (Phi) is 7.55. The van der Waals surface area contributed by atoms with E-state index in [-0.39, 0.29) is 24.0 Å². The van der Waals surface area contributed by atoms with E-state index in [4.69, 9.17) is 13.9 Å². The van der Waals surface area contributed by atoms with Crippen molar-refractivity contribution >= 4 is 29.9 Å². The second kappa shape index (κ2) is 9.65. The van der Waals surface area contributed by atoms with Gasteiger partial charge >= 0.3 is 0 Å². The molecule has 0 saturated carbocycles. The molecule has 3 rings (SSSR count). The van der Waals surface area contributed by atoms with Crippen molar-refractivity contribution in [3.63, 3.8) is 0 Å². The van der Waals surface area contributed by atoms with Gasteiger partial charge < -0.3 is 24.5 Å². The Morgan fingerprint density at radius 3 is 2.54 bits per heavy atom. The topological polar surface area (TPSA) is 80.9 Å². The molecule has 1 aliphatic rings. The summed E-state index contributed by atoms with van der Waals surface area (Å²) in [5.41, 5.74) is 2.00. The van der Waals surface area contributed by atoms with E-state index in [1.165, 1.54) is 0 Å². The Morgan fingerprint density at radius 1 is 1.12 bits per heavy atom. The molecule has 0 atom stereocenters. The molecule has 0 spiro atoms. The zero-order valence-corrected chi connectivity index (χ0v) is 17.6. The minimum Gasteiger partial charge on any atom is -0.490 e. The monoisotopic (exact) mass is 472 g/mol. The number of hydrogen-bond acceptors (Lipinski definition) is 5. The fourth-order valence-electron chi connectivity index (χ4n) is 2.50. The number of aliphatic imine (C=N–C) groups is 1. The van der Waals surface area contributed by atoms with E-state index < -0.39 is 0 Å². The maximum absolute atomic E-state index is 5.72. The first-order valence-electron chi connectivity index (χ1n) is 8.41. The first kappa shape index (κ1) is 20.3. The highest BCUT2D eigenvalue weighted by Gasteiger charge is 2.11. The van der Waals surface area contributed by atoms with Crippen LogP contribution in [-0.2, 0) is 13.1 Å². The molecule has 0 saturated heterocycles. The fourth-order valence-corrected chi connectivity index (χ4v) is 2.50. The van der Waals surface area contributed by atoms with Gasteiger partial charge in [0, 0.05) is 20.0 Å². The van der Waals surface area contributed by atoms with E-state index in [1.807, 2.05) is 32.0 Å². The van der Waals surface area contributed by atoms with Gasteiger partial charge in [0.05, 0.1) is 25.5 Å². The lowest BCUT2D eigenvalue weighted by Crippen LogP contribution is -2.36. The molecule has 1 aliphatic heterocycles. The zero-order chi connectivity index (χ0) is 17.6. The summed E-state index contributed by atoms with van der Waals surface area (Å²) in [5, 5.41) is 6.47. The van der Waals surface area contributed by atoms with Crippen molar-refractivity contribution < 1.29 is 13.9 Å². The number of fused-ring (bicyclic) bond motifs is 1. The number of guanidine groups is 1. The molecule has 0 unspecified atom stereocenters. The third-order valence-electron chi connectivity index (χ3n) is 3.98. The molecule has 2 N–H and O–H groups in total. The van der Waals surface area contributed by atoms with Crippen LogP contribution in [0.4, 0.5) is 0 Å². The van der Waals surface area contributed by atoms with Crippen LogP contribution in [-0.4, -0.2) is 31.2 Å². The van der Waals surface area contributed by atoms with E-state index in [2.05, 4.69) is 20.6 Å². The Morgan fingerprint density at radius 2 is 1.85 bits per heavy atom. The highest BCUT2D eigenvalue weighted by molar-refractivity contribution is 14.0. The number of nitrogens with zero attached hydrogens (tertiary/aromatic N) is 2. The predicted octanol–water partition coefficient (Wildman–Crippen LogP) is 2.94. The van der Waals surface area contributed by atoms with Crippen molar-refractivity contribution in [2.75, 3.05) is 20.3 Å². The van der Waals surface area contributed by atoms with Crippen LogP contribution in [0, 0.1) is 13.8 Å². The minimum atomic E-state index is 0. The average molecular weight is 472 g/mol. The van der Waals surface area contributed by atoms with Crippen LogP contribution in [0.15, 0.2) is 27.6 Å². The van der Waals surface area contributed by atoms with Crippen LogP contribution >= 0.6 is 24.0 Å². The summed E-state index contributed by atoms with van der Waals surface area (Å²) in [6, 6.07) is 5.97. The number of nitrogens with one attached hydrogen (secondary N) is 2. The van der Waals surface area contributed by atoms with E-state index in [9.17, 15) is 0 Å². The summed E-state index contributed by atoms with van der Waals surface area (Å²) in [6.45, 7) is 6.32. The van der Waals surface area contributed by atoms with Gasteiger partial charge in [-0.1, -0.05) is 6.07 Å². The third-order valence-corrected chi connectivity index (χ3v) is 3.98. The first-order valence-corrected chi connectivity index (χ1v) is 8.41. The highest BCUT2D eigenvalue weighted by atomic mass is 127. The first-order chi connectivity index (χ1) is 12.2. The predicted molar refractivity (Wildman–Crippen MR) is 110 cm³/mol. The van der Waals surface area contributed by atoms with Crippen molar-refractivity contribution in [3.05, 3.63) is 41.1 Å². The van der Waals surface area contributed by atoms with Gasteiger partial charge in [0.15, 0.2) is 17.5 Å². The lowest BCUT2D eigenvalue weighted by atomic mass is 10.2. The summed E-state index contributed by atoms with van der Waals surface area (Å²) in [5.74, 6) is 3.77. The van der Waals surface area contributed by atoms with Crippen LogP contribution in [0.5, 0.6) is 11.5 Å². The van der Waals surface area contributed by atoms with Gasteiger partial charge in [0.1, 0.15) is 5.76 Å². The molecule has 2 aromatic rings. The Balaban J connectivity index is 0.00000243. The van der Waals surface area contributed by atoms with Gasteiger partial charge in [0.25, 0.3) is 0 Å². The van der Waals surface area contributed by atoms with Gasteiger partial charge in [0.2, 0.25) is 5.89 Å². The summed E-state index contributed by atoms with van der Waals surface area (Å²) >= 11 is 0. The smallest absolute Gasteiger partial charge is 0.214 e. The molecule has 0 aliphatic carbocycles. The normalized spacial score (nSPS) is 13.6. The molecular weight excluding hydrogens is 447 g/mol. The molecule has 142 valence electrons. The molecule has 0 bridgehead atoms. The molecule has 0 amide bonds. The molecule has 0 radical (unpaired) electrons. The van der Waals surface area contributed by atoms with Gasteiger partial charge in [-0.05, 0) is 31.5 Å². The Bertz CT molecular complexity index is 741. The standard InChI is InChI=1S/C18H24N4O3.HI/c1-12-13(2)25-17(22-12)11-21-18(19-3)20-10-14-5-6-15-16(9-14)24-8-4-7-23-15;/h5-6,9H,4,7-8,10-11H2,1-3H3,(H2,19,20,21);1H. The Hall–Kier alpha value is -1.97. The lowest BCUT2D eigenvalue weighted by Gasteiger charge is -2.12. The van der Waals surface area contributed by atoms with Crippen LogP contribution in [0.1, 0.15) is 29.3 Å². The summed E-state index contributed by atoms with van der Waals surface area (Å²) in [7, 11) is 1.73. The molecular formula is C18H25IN4O3. The van der Waals surface area contributed by atoms with Gasteiger partial charge in [-0.3, -0.25) is 4.99 Å². The zero-order valence-electron chi connectivity index (χ0n) is 15.3. The molecule has 7 nitrogen and oxygen atoms in total. The second-order valence-electron chi connectivity index (χ2n) is 5.86. The second-order valence-corrected chi connectivity index (χ2v) is 5.86. The maximum Gasteiger partial charge on any atom is 0.214 e. The SMILES string of the molecule is CN=C(NCc1ccc2c(c1)OCCCO2)NCc1nc(C)c(C)o1.I. The summed E-state index contributed by atoms with van der Waals surface area (Å²) in [4.78, 5) is 8.57. The van der Waals surface area contributed by atoms with Crippen molar-refractivity contribution in [2.45, 2.75) is 33.4 Å². The average Bonchev–Trinajstić information content (AvgIpc) is 2.81. The number of hydrogen-bond donors (Lipinski definition) is 2. The van der Waals surface area contributed by atoms with Crippen LogP contribution < -0.4 is 20.1 Å². The van der Waals surface area contributed by atoms with Gasteiger partial charge in [-0.2, -0.15) is 0 Å². The van der Waals surface area contributed by atoms with Gasteiger partial charge in [-0.25, -0.2) is 4.98 Å². The van der Waals surface area contributed by atoms with Crippen LogP contribution in [0.25, 0.3) is 0 Å². The number of halogens is 1. The maximum atomic E-state index is 5.72. The fraction of sp³-hybridized carbons (Fsp3) is 0.444. The summed E-state index contributed by atoms with van der Waals surface area (Å²) < 4.78 is 16.9. The number of aryl methyl sites for hydroxylation is 2. The largest absolute Gasteiger partial charge is 0.490 e. The molecule has 26 heavy (non-hydrogen) atoms. The number of oxazole rings is 1.